The van der Waals surface area contributed by atoms with Crippen LogP contribution in [0.25, 0.3) is 10.2 Å². The number of benzene rings is 1. The number of aromatic nitrogens is 1. The van der Waals surface area contributed by atoms with Gasteiger partial charge in [0.25, 0.3) is 0 Å². The maximum Gasteiger partial charge on any atom is 0.226 e. The van der Waals surface area contributed by atoms with Gasteiger partial charge in [-0.05, 0) is 31.5 Å². The van der Waals surface area contributed by atoms with Crippen LogP contribution in [0.15, 0.2) is 18.2 Å². The number of ketones is 1. The summed E-state index contributed by atoms with van der Waals surface area (Å²) in [4.78, 5) is 26.8. The molecule has 3 N–H and O–H groups in total. The Morgan fingerprint density at radius 3 is 2.95 bits per heavy atom. The van der Waals surface area contributed by atoms with Crippen LogP contribution in [0.5, 0.6) is 0 Å². The van der Waals surface area contributed by atoms with E-state index in [4.69, 9.17) is 5.73 Å². The monoisotopic (exact) mass is 295 g/mol. The zero-order valence-electron chi connectivity index (χ0n) is 10.9. The number of hydrogen-bond donors (Lipinski definition) is 2. The van der Waals surface area contributed by atoms with Gasteiger partial charge in [0.1, 0.15) is 11.6 Å². The fourth-order valence-electron chi connectivity index (χ4n) is 1.62. The maximum absolute atomic E-state index is 13.0. The van der Waals surface area contributed by atoms with Crippen LogP contribution >= 0.6 is 11.3 Å². The van der Waals surface area contributed by atoms with E-state index in [1.165, 1.54) is 30.4 Å². The quantitative estimate of drug-likeness (QED) is 0.884. The predicted molar refractivity (Wildman–Crippen MR) is 76.1 cm³/mol. The molecule has 2 rings (SSSR count). The van der Waals surface area contributed by atoms with Gasteiger partial charge in [0.05, 0.1) is 16.3 Å². The number of fused-ring (bicyclic) bond motifs is 1. The van der Waals surface area contributed by atoms with Crippen molar-refractivity contribution in [3.8, 4) is 0 Å². The van der Waals surface area contributed by atoms with Crippen LogP contribution in [0.3, 0.4) is 0 Å². The van der Waals surface area contributed by atoms with Gasteiger partial charge in [-0.25, -0.2) is 9.37 Å². The van der Waals surface area contributed by atoms with Crippen molar-refractivity contribution in [3.63, 3.8) is 0 Å². The van der Waals surface area contributed by atoms with E-state index in [0.717, 1.165) is 0 Å². The Bertz CT molecular complexity index is 656. The maximum atomic E-state index is 13.0. The topological polar surface area (TPSA) is 85.1 Å². The standard InChI is InChI=1S/C13H14FN3O2S/c1-7(18)9(15)3-5-12(19)17-13-16-10-4-2-8(14)6-11(10)20-13/h2,4,6,9H,3,5,15H2,1H3,(H,16,17,19). The Hall–Kier alpha value is -1.86. The molecule has 0 spiro atoms. The van der Waals surface area contributed by atoms with Crippen LogP contribution in [-0.2, 0) is 9.59 Å². The molecule has 0 aliphatic heterocycles. The fourth-order valence-corrected chi connectivity index (χ4v) is 2.53. The second-order valence-corrected chi connectivity index (χ2v) is 5.47. The number of nitrogens with two attached hydrogens (primary N) is 1. The Morgan fingerprint density at radius 1 is 1.50 bits per heavy atom. The summed E-state index contributed by atoms with van der Waals surface area (Å²) in [5.41, 5.74) is 6.18. The van der Waals surface area contributed by atoms with E-state index in [0.29, 0.717) is 21.8 Å². The third-order valence-electron chi connectivity index (χ3n) is 2.80. The van der Waals surface area contributed by atoms with Crippen LogP contribution in [-0.4, -0.2) is 22.7 Å². The van der Waals surface area contributed by atoms with Crippen molar-refractivity contribution in [3.05, 3.63) is 24.0 Å². The van der Waals surface area contributed by atoms with Crippen molar-refractivity contribution in [1.82, 2.24) is 4.98 Å². The minimum atomic E-state index is -0.620. The van der Waals surface area contributed by atoms with Gasteiger partial charge in [-0.1, -0.05) is 11.3 Å². The van der Waals surface area contributed by atoms with E-state index in [1.54, 1.807) is 6.07 Å². The molecule has 1 aromatic carbocycles. The zero-order valence-corrected chi connectivity index (χ0v) is 11.7. The molecule has 1 amide bonds. The van der Waals surface area contributed by atoms with Gasteiger partial charge in [-0.2, -0.15) is 0 Å². The lowest BCUT2D eigenvalue weighted by Crippen LogP contribution is -2.29. The molecule has 1 heterocycles. The molecule has 0 aliphatic rings. The molecule has 2 aromatic rings. The van der Waals surface area contributed by atoms with Gasteiger partial charge >= 0.3 is 0 Å². The van der Waals surface area contributed by atoms with Crippen molar-refractivity contribution in [2.75, 3.05) is 5.32 Å². The highest BCUT2D eigenvalue weighted by molar-refractivity contribution is 7.22. The Kier molecular flexibility index (Phi) is 4.41. The summed E-state index contributed by atoms with van der Waals surface area (Å²) in [5, 5.41) is 3.03. The highest BCUT2D eigenvalue weighted by Crippen LogP contribution is 2.26. The fraction of sp³-hybridized carbons (Fsp3) is 0.308. The number of thiazole rings is 1. The molecule has 0 radical (unpaired) electrons. The van der Waals surface area contributed by atoms with E-state index in [1.807, 2.05) is 0 Å². The number of carbonyl (C=O) groups is 2. The lowest BCUT2D eigenvalue weighted by atomic mass is 10.1. The Morgan fingerprint density at radius 2 is 2.25 bits per heavy atom. The number of Topliss-reactive ketones (excluding diaryl/α,β-unsaturated/α-hetero) is 1. The summed E-state index contributed by atoms with van der Waals surface area (Å²) in [6.07, 6.45) is 0.436. The van der Waals surface area contributed by atoms with Crippen molar-refractivity contribution in [2.45, 2.75) is 25.8 Å². The number of nitrogens with zero attached hydrogens (tertiary/aromatic N) is 1. The minimum Gasteiger partial charge on any atom is -0.322 e. The first-order valence-electron chi connectivity index (χ1n) is 6.07. The number of nitrogens with one attached hydrogen (secondary N) is 1. The van der Waals surface area contributed by atoms with Crippen LogP contribution < -0.4 is 11.1 Å². The first kappa shape index (κ1) is 14.5. The molecule has 7 heteroatoms. The number of carbonyl (C=O) groups excluding carboxylic acids is 2. The van der Waals surface area contributed by atoms with Gasteiger partial charge in [-0.15, -0.1) is 0 Å². The smallest absolute Gasteiger partial charge is 0.226 e. The number of anilines is 1. The molecular weight excluding hydrogens is 281 g/mol. The molecule has 0 fully saturated rings. The minimum absolute atomic E-state index is 0.144. The molecule has 0 aliphatic carbocycles. The summed E-state index contributed by atoms with van der Waals surface area (Å²) in [6, 6.07) is 3.63. The van der Waals surface area contributed by atoms with Gasteiger partial charge < -0.3 is 11.1 Å². The summed E-state index contributed by atoms with van der Waals surface area (Å²) in [7, 11) is 0. The van der Waals surface area contributed by atoms with Crippen LogP contribution in [0, 0.1) is 5.82 Å². The number of amides is 1. The molecule has 5 nitrogen and oxygen atoms in total. The van der Waals surface area contributed by atoms with Crippen LogP contribution in [0.1, 0.15) is 19.8 Å². The highest BCUT2D eigenvalue weighted by atomic mass is 32.1. The van der Waals surface area contributed by atoms with Crippen molar-refractivity contribution >= 4 is 38.4 Å². The lowest BCUT2D eigenvalue weighted by molar-refractivity contribution is -0.119. The number of halogens is 1. The Labute approximate surface area is 119 Å². The number of rotatable bonds is 5. The zero-order chi connectivity index (χ0) is 14.7. The summed E-state index contributed by atoms with van der Waals surface area (Å²) in [6.45, 7) is 1.39. The molecule has 106 valence electrons. The van der Waals surface area contributed by atoms with Gasteiger partial charge in [0, 0.05) is 6.42 Å². The SMILES string of the molecule is CC(=O)C(N)CCC(=O)Nc1nc2ccc(F)cc2s1. The second-order valence-electron chi connectivity index (χ2n) is 4.44. The van der Waals surface area contributed by atoms with Crippen LogP contribution in [0.4, 0.5) is 9.52 Å². The van der Waals surface area contributed by atoms with Gasteiger partial charge in [-0.3, -0.25) is 9.59 Å². The lowest BCUT2D eigenvalue weighted by Gasteiger charge is -2.06. The first-order valence-corrected chi connectivity index (χ1v) is 6.89. The third-order valence-corrected chi connectivity index (χ3v) is 3.74. The molecule has 20 heavy (non-hydrogen) atoms. The molecular formula is C13H14FN3O2S. The predicted octanol–water partition coefficient (Wildman–Crippen LogP) is 2.07. The largest absolute Gasteiger partial charge is 0.322 e. The highest BCUT2D eigenvalue weighted by Gasteiger charge is 2.12. The Balaban J connectivity index is 1.97. The average Bonchev–Trinajstić information content (AvgIpc) is 2.76. The molecule has 1 unspecified atom stereocenters. The van der Waals surface area contributed by atoms with Crippen molar-refractivity contribution in [2.24, 2.45) is 5.73 Å². The molecule has 1 atom stereocenters. The van der Waals surface area contributed by atoms with Gasteiger partial charge in [0.2, 0.25) is 5.91 Å². The molecule has 0 saturated heterocycles. The van der Waals surface area contributed by atoms with Crippen molar-refractivity contribution in [1.29, 1.82) is 0 Å². The van der Waals surface area contributed by atoms with E-state index >= 15 is 0 Å². The average molecular weight is 295 g/mol. The van der Waals surface area contributed by atoms with E-state index < -0.39 is 6.04 Å². The summed E-state index contributed by atoms with van der Waals surface area (Å²) < 4.78 is 13.7. The molecule has 0 saturated carbocycles. The first-order chi connectivity index (χ1) is 9.45. The summed E-state index contributed by atoms with van der Waals surface area (Å²) in [5.74, 6) is -0.749. The normalized spacial score (nSPS) is 12.3. The second kappa shape index (κ2) is 6.06. The number of hydrogen-bond acceptors (Lipinski definition) is 5. The van der Waals surface area contributed by atoms with Crippen molar-refractivity contribution < 1.29 is 14.0 Å². The van der Waals surface area contributed by atoms with E-state index in [2.05, 4.69) is 10.3 Å². The van der Waals surface area contributed by atoms with Gasteiger partial charge in [0.15, 0.2) is 5.13 Å². The molecule has 0 bridgehead atoms. The van der Waals surface area contributed by atoms with Crippen LogP contribution in [0.2, 0.25) is 0 Å². The van der Waals surface area contributed by atoms with E-state index in [-0.39, 0.29) is 23.9 Å². The third kappa shape index (κ3) is 3.58. The molecule has 1 aromatic heterocycles. The summed E-state index contributed by atoms with van der Waals surface area (Å²) >= 11 is 1.20. The van der Waals surface area contributed by atoms with E-state index in [9.17, 15) is 14.0 Å².